The summed E-state index contributed by atoms with van der Waals surface area (Å²) in [5.74, 6) is -0.912. The van der Waals surface area contributed by atoms with Gasteiger partial charge in [-0.1, -0.05) is 31.5 Å². The van der Waals surface area contributed by atoms with E-state index in [1.807, 2.05) is 13.8 Å². The van der Waals surface area contributed by atoms with Gasteiger partial charge in [-0.2, -0.15) is 0 Å². The van der Waals surface area contributed by atoms with Crippen molar-refractivity contribution in [3.63, 3.8) is 0 Å². The smallest absolute Gasteiger partial charge is 0.411 e. The standard InChI is InChI=1S/C22H26ClN3O5/c1-14(2)19(26-20(27)15-7-9-16(23)10-8-15)21(28)24-17-5-4-6-18(13-17)25-22(29)31-12-11-30-3/h4-10,13-14,19H,11-12H2,1-3H3,(H,24,28)(H,25,29)(H,26,27). The zero-order valence-corrected chi connectivity index (χ0v) is 18.4. The second-order valence-corrected chi connectivity index (χ2v) is 7.46. The number of rotatable bonds is 9. The zero-order valence-electron chi connectivity index (χ0n) is 17.6. The Hall–Kier alpha value is -3.10. The molecule has 166 valence electrons. The van der Waals surface area contributed by atoms with Crippen LogP contribution in [0.4, 0.5) is 16.2 Å². The van der Waals surface area contributed by atoms with Crippen molar-refractivity contribution in [3.05, 3.63) is 59.1 Å². The molecule has 3 N–H and O–H groups in total. The SMILES string of the molecule is COCCOC(=O)Nc1cccc(NC(=O)C(NC(=O)c2ccc(Cl)cc2)C(C)C)c1. The first-order valence-corrected chi connectivity index (χ1v) is 10.1. The molecule has 1 unspecified atom stereocenters. The van der Waals surface area contributed by atoms with E-state index in [0.717, 1.165) is 0 Å². The van der Waals surface area contributed by atoms with Crippen LogP contribution in [0.2, 0.25) is 5.02 Å². The average Bonchev–Trinajstić information content (AvgIpc) is 2.72. The van der Waals surface area contributed by atoms with Gasteiger partial charge in [0.1, 0.15) is 12.6 Å². The summed E-state index contributed by atoms with van der Waals surface area (Å²) in [7, 11) is 1.51. The van der Waals surface area contributed by atoms with Crippen LogP contribution in [0, 0.1) is 5.92 Å². The van der Waals surface area contributed by atoms with Crippen LogP contribution in [-0.4, -0.2) is 44.3 Å². The van der Waals surface area contributed by atoms with Crippen molar-refractivity contribution >= 4 is 40.9 Å². The van der Waals surface area contributed by atoms with Gasteiger partial charge in [-0.3, -0.25) is 14.9 Å². The van der Waals surface area contributed by atoms with Gasteiger partial charge in [0.15, 0.2) is 0 Å². The Labute approximate surface area is 186 Å². The Kier molecular flexibility index (Phi) is 9.30. The van der Waals surface area contributed by atoms with E-state index in [9.17, 15) is 14.4 Å². The lowest BCUT2D eigenvalue weighted by Crippen LogP contribution is -2.47. The van der Waals surface area contributed by atoms with E-state index in [4.69, 9.17) is 21.1 Å². The van der Waals surface area contributed by atoms with Gasteiger partial charge in [-0.05, 0) is 48.4 Å². The Morgan fingerprint density at radius 3 is 2.23 bits per heavy atom. The molecule has 0 aliphatic carbocycles. The molecule has 0 aliphatic rings. The van der Waals surface area contributed by atoms with E-state index >= 15 is 0 Å². The highest BCUT2D eigenvalue weighted by molar-refractivity contribution is 6.30. The van der Waals surface area contributed by atoms with Crippen molar-refractivity contribution in [1.29, 1.82) is 0 Å². The van der Waals surface area contributed by atoms with Crippen LogP contribution in [-0.2, 0) is 14.3 Å². The van der Waals surface area contributed by atoms with Crippen molar-refractivity contribution in [2.45, 2.75) is 19.9 Å². The number of carbonyl (C=O) groups is 3. The fourth-order valence-electron chi connectivity index (χ4n) is 2.63. The van der Waals surface area contributed by atoms with Crippen molar-refractivity contribution in [1.82, 2.24) is 5.32 Å². The number of ether oxygens (including phenoxy) is 2. The Morgan fingerprint density at radius 1 is 0.968 bits per heavy atom. The van der Waals surface area contributed by atoms with E-state index in [-0.39, 0.29) is 24.3 Å². The summed E-state index contributed by atoms with van der Waals surface area (Å²) in [5.41, 5.74) is 1.32. The summed E-state index contributed by atoms with van der Waals surface area (Å²) in [5, 5.41) is 8.62. The predicted octanol–water partition coefficient (Wildman–Crippen LogP) is 3.93. The number of benzene rings is 2. The third-order valence-corrected chi connectivity index (χ3v) is 4.49. The fraction of sp³-hybridized carbons (Fsp3) is 0.318. The number of anilines is 2. The van der Waals surface area contributed by atoms with Crippen molar-refractivity contribution in [2.24, 2.45) is 5.92 Å². The van der Waals surface area contributed by atoms with Gasteiger partial charge in [0.2, 0.25) is 5.91 Å². The molecule has 0 saturated carbocycles. The normalized spacial score (nSPS) is 11.5. The van der Waals surface area contributed by atoms with Crippen molar-refractivity contribution in [3.8, 4) is 0 Å². The molecule has 2 aromatic rings. The Balaban J connectivity index is 2.01. The second-order valence-electron chi connectivity index (χ2n) is 7.03. The molecule has 2 rings (SSSR count). The molecule has 31 heavy (non-hydrogen) atoms. The summed E-state index contributed by atoms with van der Waals surface area (Å²) in [4.78, 5) is 37.1. The molecule has 1 atom stereocenters. The van der Waals surface area contributed by atoms with Gasteiger partial charge in [0.25, 0.3) is 5.91 Å². The summed E-state index contributed by atoms with van der Waals surface area (Å²) in [6.07, 6.45) is -0.629. The van der Waals surface area contributed by atoms with Gasteiger partial charge >= 0.3 is 6.09 Å². The Morgan fingerprint density at radius 2 is 1.61 bits per heavy atom. The summed E-state index contributed by atoms with van der Waals surface area (Å²) in [6.45, 7) is 4.09. The Bertz CT molecular complexity index is 902. The maximum absolute atomic E-state index is 12.8. The molecule has 9 heteroatoms. The summed E-state index contributed by atoms with van der Waals surface area (Å²) in [6, 6.07) is 12.2. The first-order chi connectivity index (χ1) is 14.8. The van der Waals surface area contributed by atoms with Gasteiger partial charge < -0.3 is 20.1 Å². The van der Waals surface area contributed by atoms with Crippen LogP contribution in [0.5, 0.6) is 0 Å². The highest BCUT2D eigenvalue weighted by Gasteiger charge is 2.25. The molecule has 0 saturated heterocycles. The first-order valence-electron chi connectivity index (χ1n) is 9.70. The van der Waals surface area contributed by atoms with E-state index < -0.39 is 12.1 Å². The number of hydrogen-bond donors (Lipinski definition) is 3. The first kappa shape index (κ1) is 24.2. The minimum atomic E-state index is -0.765. The third-order valence-electron chi connectivity index (χ3n) is 4.24. The van der Waals surface area contributed by atoms with E-state index in [1.54, 1.807) is 48.5 Å². The number of methoxy groups -OCH3 is 1. The van der Waals surface area contributed by atoms with Gasteiger partial charge in [-0.15, -0.1) is 0 Å². The number of nitrogens with one attached hydrogen (secondary N) is 3. The quantitative estimate of drug-likeness (QED) is 0.505. The number of carbonyl (C=O) groups excluding carboxylic acids is 3. The minimum absolute atomic E-state index is 0.127. The summed E-state index contributed by atoms with van der Waals surface area (Å²) < 4.78 is 9.77. The molecular formula is C22H26ClN3O5. The van der Waals surface area contributed by atoms with E-state index in [0.29, 0.717) is 28.6 Å². The molecule has 0 heterocycles. The molecular weight excluding hydrogens is 422 g/mol. The predicted molar refractivity (Wildman–Crippen MR) is 119 cm³/mol. The van der Waals surface area contributed by atoms with Gasteiger partial charge in [0.05, 0.1) is 6.61 Å². The number of amides is 3. The molecule has 3 amide bonds. The van der Waals surface area contributed by atoms with Gasteiger partial charge in [0, 0.05) is 29.1 Å². The van der Waals surface area contributed by atoms with Crippen LogP contribution >= 0.6 is 11.6 Å². The molecule has 8 nitrogen and oxygen atoms in total. The molecule has 0 aromatic heterocycles. The van der Waals surface area contributed by atoms with E-state index in [2.05, 4.69) is 16.0 Å². The van der Waals surface area contributed by atoms with Crippen LogP contribution in [0.15, 0.2) is 48.5 Å². The van der Waals surface area contributed by atoms with Crippen LogP contribution in [0.25, 0.3) is 0 Å². The lowest BCUT2D eigenvalue weighted by molar-refractivity contribution is -0.118. The monoisotopic (exact) mass is 447 g/mol. The maximum atomic E-state index is 12.8. The lowest BCUT2D eigenvalue weighted by Gasteiger charge is -2.22. The maximum Gasteiger partial charge on any atom is 0.411 e. The van der Waals surface area contributed by atoms with E-state index in [1.165, 1.54) is 7.11 Å². The lowest BCUT2D eigenvalue weighted by atomic mass is 10.0. The molecule has 0 fully saturated rings. The van der Waals surface area contributed by atoms with Crippen molar-refractivity contribution < 1.29 is 23.9 Å². The highest BCUT2D eigenvalue weighted by Crippen LogP contribution is 2.17. The second kappa shape index (κ2) is 11.9. The largest absolute Gasteiger partial charge is 0.447 e. The van der Waals surface area contributed by atoms with Gasteiger partial charge in [-0.25, -0.2) is 4.79 Å². The number of halogens is 1. The molecule has 0 aliphatic heterocycles. The van der Waals surface area contributed by atoms with Crippen molar-refractivity contribution in [2.75, 3.05) is 31.0 Å². The molecule has 0 radical (unpaired) electrons. The number of hydrogen-bond acceptors (Lipinski definition) is 5. The zero-order chi connectivity index (χ0) is 22.8. The molecule has 0 bridgehead atoms. The third kappa shape index (κ3) is 7.92. The molecule has 0 spiro atoms. The topological polar surface area (TPSA) is 106 Å². The minimum Gasteiger partial charge on any atom is -0.447 e. The highest BCUT2D eigenvalue weighted by atomic mass is 35.5. The van der Waals surface area contributed by atoms with Crippen LogP contribution in [0.1, 0.15) is 24.2 Å². The van der Waals surface area contributed by atoms with Crippen LogP contribution in [0.3, 0.4) is 0 Å². The average molecular weight is 448 g/mol. The summed E-state index contributed by atoms with van der Waals surface area (Å²) >= 11 is 5.85. The van der Waals surface area contributed by atoms with Crippen LogP contribution < -0.4 is 16.0 Å². The fourth-order valence-corrected chi connectivity index (χ4v) is 2.75. The molecule has 2 aromatic carbocycles.